The van der Waals surface area contributed by atoms with Gasteiger partial charge in [-0.3, -0.25) is 9.59 Å². The average Bonchev–Trinajstić information content (AvgIpc) is 2.69. The summed E-state index contributed by atoms with van der Waals surface area (Å²) in [6, 6.07) is 6.75. The fraction of sp³-hybridized carbons (Fsp3) is 0.526. The molecule has 0 aromatic heterocycles. The third-order valence-electron chi connectivity index (χ3n) is 4.58. The van der Waals surface area contributed by atoms with Crippen molar-refractivity contribution in [2.24, 2.45) is 22.6 Å². The number of aliphatic imine (C=N–C) groups is 1. The molecule has 176 valence electrons. The van der Waals surface area contributed by atoms with E-state index < -0.39 is 29.9 Å². The Hall–Kier alpha value is -2.51. The molecule has 0 fully saturated rings. The number of ketones is 1. The van der Waals surface area contributed by atoms with E-state index in [1.807, 2.05) is 13.8 Å². The Labute approximate surface area is 195 Å². The molecule has 2 atom stereocenters. The normalized spacial score (nSPS) is 13.4. The van der Waals surface area contributed by atoms with Crippen LogP contribution in [0, 0.1) is 22.0 Å². The standard InChI is InChI=1S/C19H29BBrN5O6/c1-12(2)10-17(20(29)30)24-18(28)14(4-3-9-23-19(22)25-26(31)32)11-16(27)13-5-7-15(21)8-6-13/h5-8,12,14,17,29-30H,3-4,9-11H2,1-2H3,(H,24,28)(H3,22,23,25)/t14-,17+/m1/s1. The minimum atomic E-state index is -1.73. The zero-order valence-electron chi connectivity index (χ0n) is 18.0. The molecule has 0 bridgehead atoms. The average molecular weight is 514 g/mol. The Morgan fingerprint density at radius 1 is 1.28 bits per heavy atom. The van der Waals surface area contributed by atoms with Gasteiger partial charge in [0, 0.05) is 28.9 Å². The van der Waals surface area contributed by atoms with E-state index in [-0.39, 0.29) is 37.0 Å². The second kappa shape index (κ2) is 13.8. The van der Waals surface area contributed by atoms with Gasteiger partial charge in [-0.05, 0) is 37.3 Å². The summed E-state index contributed by atoms with van der Waals surface area (Å²) in [5.41, 5.74) is 7.54. The topological polar surface area (TPSA) is 180 Å². The van der Waals surface area contributed by atoms with Crippen molar-refractivity contribution in [2.75, 3.05) is 6.54 Å². The van der Waals surface area contributed by atoms with Crippen LogP contribution in [0.25, 0.3) is 0 Å². The van der Waals surface area contributed by atoms with Gasteiger partial charge in [0.05, 0.1) is 5.94 Å². The lowest BCUT2D eigenvalue weighted by molar-refractivity contribution is -0.525. The minimum Gasteiger partial charge on any atom is -0.426 e. The molecular formula is C19H29BBrN5O6. The number of benzene rings is 1. The number of hydrogen-bond donors (Lipinski definition) is 5. The van der Waals surface area contributed by atoms with E-state index in [9.17, 15) is 29.8 Å². The first-order valence-corrected chi connectivity index (χ1v) is 10.9. The summed E-state index contributed by atoms with van der Waals surface area (Å²) in [5.74, 6) is -2.58. The van der Waals surface area contributed by atoms with Gasteiger partial charge in [0.2, 0.25) is 5.91 Å². The molecule has 13 heteroatoms. The van der Waals surface area contributed by atoms with Crippen molar-refractivity contribution < 1.29 is 24.7 Å². The number of guanidine groups is 1. The van der Waals surface area contributed by atoms with E-state index in [1.165, 1.54) is 0 Å². The summed E-state index contributed by atoms with van der Waals surface area (Å²) >= 11 is 3.30. The van der Waals surface area contributed by atoms with Gasteiger partial charge in [0.25, 0.3) is 5.96 Å². The van der Waals surface area contributed by atoms with Crippen molar-refractivity contribution >= 4 is 40.7 Å². The molecule has 0 radical (unpaired) electrons. The molecule has 0 spiro atoms. The van der Waals surface area contributed by atoms with Crippen molar-refractivity contribution in [2.45, 2.75) is 45.5 Å². The maximum absolute atomic E-state index is 12.9. The maximum Gasteiger partial charge on any atom is 0.475 e. The van der Waals surface area contributed by atoms with Crippen LogP contribution in [-0.4, -0.2) is 52.3 Å². The number of nitrogens with two attached hydrogens (primary N) is 1. The van der Waals surface area contributed by atoms with Crippen LogP contribution in [0.15, 0.2) is 33.7 Å². The van der Waals surface area contributed by atoms with Gasteiger partial charge >= 0.3 is 7.12 Å². The molecule has 1 amide bonds. The van der Waals surface area contributed by atoms with Crippen molar-refractivity contribution in [3.8, 4) is 0 Å². The highest BCUT2D eigenvalue weighted by Crippen LogP contribution is 2.19. The highest BCUT2D eigenvalue weighted by molar-refractivity contribution is 9.10. The molecule has 0 aliphatic carbocycles. The Morgan fingerprint density at radius 2 is 1.91 bits per heavy atom. The van der Waals surface area contributed by atoms with Crippen molar-refractivity contribution in [1.82, 2.24) is 10.7 Å². The number of nitrogens with zero attached hydrogens (tertiary/aromatic N) is 2. The van der Waals surface area contributed by atoms with Crippen LogP contribution in [0.4, 0.5) is 0 Å². The number of carbonyl (C=O) groups is 2. The van der Waals surface area contributed by atoms with Crippen LogP contribution in [0.2, 0.25) is 0 Å². The number of carbonyl (C=O) groups excluding carboxylic acids is 2. The van der Waals surface area contributed by atoms with Gasteiger partial charge in [0.1, 0.15) is 0 Å². The lowest BCUT2D eigenvalue weighted by Gasteiger charge is -2.23. The predicted molar refractivity (Wildman–Crippen MR) is 124 cm³/mol. The molecule has 1 rings (SSSR count). The molecule has 0 aliphatic rings. The van der Waals surface area contributed by atoms with Crippen LogP contribution in [0.3, 0.4) is 0 Å². The monoisotopic (exact) mass is 513 g/mol. The van der Waals surface area contributed by atoms with Gasteiger partial charge in [-0.15, -0.1) is 0 Å². The molecule has 0 heterocycles. The number of nitrogens with one attached hydrogen (secondary N) is 2. The molecule has 0 aliphatic heterocycles. The number of Topliss-reactive ketones (excluding diaryl/α,β-unsaturated/α-hetero) is 1. The SMILES string of the molecule is CC(C)C[C@H](NC(=O)[C@H](CCCN=C(N)N[N+](=O)[O-])CC(=O)c1ccc(Br)cc1)B(O)O. The van der Waals surface area contributed by atoms with Crippen molar-refractivity contribution in [3.63, 3.8) is 0 Å². The summed E-state index contributed by atoms with van der Waals surface area (Å²) in [4.78, 5) is 39.7. The number of amides is 1. The summed E-state index contributed by atoms with van der Waals surface area (Å²) in [5, 5.41) is 31.3. The first kappa shape index (κ1) is 27.5. The highest BCUT2D eigenvalue weighted by atomic mass is 79.9. The summed E-state index contributed by atoms with van der Waals surface area (Å²) in [6.07, 6.45) is 0.849. The third-order valence-corrected chi connectivity index (χ3v) is 5.11. The van der Waals surface area contributed by atoms with Gasteiger partial charge < -0.3 is 21.1 Å². The Bertz CT molecular complexity index is 806. The first-order valence-electron chi connectivity index (χ1n) is 10.2. The van der Waals surface area contributed by atoms with Crippen LogP contribution < -0.4 is 16.5 Å². The highest BCUT2D eigenvalue weighted by Gasteiger charge is 2.30. The van der Waals surface area contributed by atoms with Crippen LogP contribution in [-0.2, 0) is 4.79 Å². The quantitative estimate of drug-likeness (QED) is 0.0493. The van der Waals surface area contributed by atoms with Crippen molar-refractivity contribution in [3.05, 3.63) is 44.4 Å². The number of hydrazine groups is 1. The number of nitro groups is 1. The van der Waals surface area contributed by atoms with Gasteiger partial charge in [-0.25, -0.2) is 15.1 Å². The van der Waals surface area contributed by atoms with E-state index in [1.54, 1.807) is 29.7 Å². The number of halogens is 1. The lowest BCUT2D eigenvalue weighted by Crippen LogP contribution is -2.49. The fourth-order valence-corrected chi connectivity index (χ4v) is 3.30. The van der Waals surface area contributed by atoms with Gasteiger partial charge in [-0.2, -0.15) is 0 Å². The lowest BCUT2D eigenvalue weighted by atomic mass is 9.74. The van der Waals surface area contributed by atoms with E-state index in [4.69, 9.17) is 5.73 Å². The molecule has 11 nitrogen and oxygen atoms in total. The van der Waals surface area contributed by atoms with Crippen molar-refractivity contribution in [1.29, 1.82) is 0 Å². The van der Waals surface area contributed by atoms with Gasteiger partial charge in [-0.1, -0.05) is 47.3 Å². The Kier molecular flexibility index (Phi) is 11.9. The maximum atomic E-state index is 12.9. The van der Waals surface area contributed by atoms with E-state index in [0.29, 0.717) is 18.4 Å². The largest absolute Gasteiger partial charge is 0.475 e. The molecule has 0 saturated carbocycles. The Balaban J connectivity index is 2.88. The predicted octanol–water partition coefficient (Wildman–Crippen LogP) is 1.06. The molecule has 1 aromatic rings. The molecular weight excluding hydrogens is 485 g/mol. The van der Waals surface area contributed by atoms with Crippen LogP contribution >= 0.6 is 15.9 Å². The fourth-order valence-electron chi connectivity index (χ4n) is 3.03. The molecule has 0 unspecified atom stereocenters. The van der Waals surface area contributed by atoms with E-state index in [0.717, 1.165) is 4.47 Å². The second-order valence-electron chi connectivity index (χ2n) is 7.77. The smallest absolute Gasteiger partial charge is 0.426 e. The Morgan fingerprint density at radius 3 is 2.44 bits per heavy atom. The molecule has 0 saturated heterocycles. The molecule has 1 aromatic carbocycles. The van der Waals surface area contributed by atoms with E-state index >= 15 is 0 Å². The summed E-state index contributed by atoms with van der Waals surface area (Å²) < 4.78 is 0.815. The molecule has 6 N–H and O–H groups in total. The zero-order chi connectivity index (χ0) is 24.3. The third kappa shape index (κ3) is 10.7. The second-order valence-corrected chi connectivity index (χ2v) is 8.68. The summed E-state index contributed by atoms with van der Waals surface area (Å²) in [6.45, 7) is 3.88. The number of hydrogen-bond acceptors (Lipinski definition) is 7. The van der Waals surface area contributed by atoms with Gasteiger partial charge in [0.15, 0.2) is 10.8 Å². The van der Waals surface area contributed by atoms with Crippen LogP contribution in [0.1, 0.15) is 49.9 Å². The minimum absolute atomic E-state index is 0.0876. The van der Waals surface area contributed by atoms with E-state index in [2.05, 4.69) is 26.2 Å². The molecule has 32 heavy (non-hydrogen) atoms. The number of rotatable bonds is 13. The first-order chi connectivity index (χ1) is 15.0. The van der Waals surface area contributed by atoms with Crippen LogP contribution in [0.5, 0.6) is 0 Å². The summed E-state index contributed by atoms with van der Waals surface area (Å²) in [7, 11) is -1.73. The zero-order valence-corrected chi connectivity index (χ0v) is 19.6.